The van der Waals surface area contributed by atoms with Crippen molar-refractivity contribution in [3.63, 3.8) is 0 Å². The van der Waals surface area contributed by atoms with Gasteiger partial charge in [-0.2, -0.15) is 0 Å². The van der Waals surface area contributed by atoms with Crippen molar-refractivity contribution in [2.45, 2.75) is 0 Å². The van der Waals surface area contributed by atoms with Crippen LogP contribution < -0.4 is 0 Å². The second-order valence-electron chi connectivity index (χ2n) is 9.99. The molecule has 0 nitrogen and oxygen atoms in total. The molecule has 199 valence electrons. The fraction of sp³-hybridized carbons (Fsp3) is 0.0750. The van der Waals surface area contributed by atoms with Gasteiger partial charge >= 0.3 is 252 Å². The van der Waals surface area contributed by atoms with Gasteiger partial charge in [0.05, 0.1) is 0 Å². The molecule has 0 bridgehead atoms. The number of benzene rings is 2. The van der Waals surface area contributed by atoms with E-state index in [-0.39, 0.29) is 17.8 Å². The normalized spacial score (nSPS) is 16.0. The van der Waals surface area contributed by atoms with E-state index >= 15 is 0 Å². The van der Waals surface area contributed by atoms with Crippen molar-refractivity contribution in [2.24, 2.45) is 17.8 Å². The van der Waals surface area contributed by atoms with Crippen LogP contribution >= 0.6 is 0 Å². The number of hydrogen-bond donors (Lipinski definition) is 0. The Hall–Kier alpha value is -4.66. The Bertz CT molecular complexity index is 1750. The Morgan fingerprint density at radius 3 is 1.76 bits per heavy atom. The van der Waals surface area contributed by atoms with Gasteiger partial charge in [0, 0.05) is 0 Å². The van der Waals surface area contributed by atoms with Crippen LogP contribution in [0.3, 0.4) is 0 Å². The van der Waals surface area contributed by atoms with Crippen LogP contribution in [-0.2, 0) is 15.3 Å². The molecule has 0 saturated heterocycles. The van der Waals surface area contributed by atoms with Crippen molar-refractivity contribution in [3.05, 3.63) is 180 Å². The second-order valence-corrected chi connectivity index (χ2v) is 10.6. The first-order chi connectivity index (χ1) is 20.3. The first-order valence-corrected chi connectivity index (χ1v) is 14.4. The molecule has 0 heterocycles. The fourth-order valence-corrected chi connectivity index (χ4v) is 5.58. The minimum absolute atomic E-state index is 0.0711. The molecule has 0 amide bonds. The maximum atomic E-state index is 5.31. The van der Waals surface area contributed by atoms with Gasteiger partial charge in [-0.15, -0.1) is 0 Å². The summed E-state index contributed by atoms with van der Waals surface area (Å²) in [6.45, 7) is 0. The van der Waals surface area contributed by atoms with Crippen LogP contribution in [0.4, 0.5) is 0 Å². The summed E-state index contributed by atoms with van der Waals surface area (Å²) >= 11 is 5.31. The zero-order chi connectivity index (χ0) is 27.9. The standard InChI is InChI=1S/C40H28.Co/c1-2-14-31(13-1)25-27-35-21-9-11-23-37(35)39(29-33-17-5-6-18-33)40(30-34-19-7-8-20-34)38-24-12-10-22-36(38)28-26-32-15-3-4-16-32;/h1-24,29,31-32,34H;/q-2;/b40-39-;. The van der Waals surface area contributed by atoms with E-state index in [0.29, 0.717) is 0 Å². The van der Waals surface area contributed by atoms with Crippen LogP contribution in [0.15, 0.2) is 146 Å². The van der Waals surface area contributed by atoms with Gasteiger partial charge in [-0.1, -0.05) is 0 Å². The van der Waals surface area contributed by atoms with Gasteiger partial charge in [-0.3, -0.25) is 0 Å². The summed E-state index contributed by atoms with van der Waals surface area (Å²) in [5.41, 5.74) is 7.36. The molecule has 0 atom stereocenters. The van der Waals surface area contributed by atoms with Crippen molar-refractivity contribution >= 4 is 15.6 Å². The quantitative estimate of drug-likeness (QED) is 0.160. The van der Waals surface area contributed by atoms with E-state index in [2.05, 4.69) is 176 Å². The SMILES string of the molecule is [Co]=[C](/C(=C(\[CH-]c1ccc[cH-]1)c1ccccc1C#CC1C=CC=C1)c1ccccc1C#CC1C=CC=C1)C1C=CC=C1. The molecule has 0 unspecified atom stereocenters. The van der Waals surface area contributed by atoms with Gasteiger partial charge in [-0.05, 0) is 0 Å². The zero-order valence-corrected chi connectivity index (χ0v) is 23.5. The topological polar surface area (TPSA) is 0 Å². The van der Waals surface area contributed by atoms with Crippen molar-refractivity contribution in [2.75, 3.05) is 0 Å². The van der Waals surface area contributed by atoms with Crippen LogP contribution in [0.2, 0.25) is 0 Å². The third kappa shape index (κ3) is 6.24. The summed E-state index contributed by atoms with van der Waals surface area (Å²) in [6, 6.07) is 25.3. The molecule has 3 aromatic rings. The van der Waals surface area contributed by atoms with Gasteiger partial charge in [0.1, 0.15) is 0 Å². The van der Waals surface area contributed by atoms with Crippen LogP contribution in [0.25, 0.3) is 11.1 Å². The van der Waals surface area contributed by atoms with E-state index in [9.17, 15) is 0 Å². The number of allylic oxidation sites excluding steroid dienone is 14. The van der Waals surface area contributed by atoms with E-state index in [1.54, 1.807) is 0 Å². The van der Waals surface area contributed by atoms with Gasteiger partial charge in [0.15, 0.2) is 0 Å². The van der Waals surface area contributed by atoms with Crippen LogP contribution in [0.1, 0.15) is 27.8 Å². The summed E-state index contributed by atoms with van der Waals surface area (Å²) in [5, 5.41) is 0. The minimum atomic E-state index is 0.0711. The van der Waals surface area contributed by atoms with Gasteiger partial charge in [0.25, 0.3) is 0 Å². The average molecular weight is 568 g/mol. The van der Waals surface area contributed by atoms with E-state index < -0.39 is 0 Å². The number of rotatable bonds is 6. The number of hydrogen-bond acceptors (Lipinski definition) is 0. The van der Waals surface area contributed by atoms with Crippen LogP contribution in [0, 0.1) is 47.9 Å². The van der Waals surface area contributed by atoms with Crippen molar-refractivity contribution in [1.82, 2.24) is 0 Å². The summed E-state index contributed by atoms with van der Waals surface area (Å²) in [6.07, 6.45) is 27.5. The van der Waals surface area contributed by atoms with E-state index in [0.717, 1.165) is 43.4 Å². The van der Waals surface area contributed by atoms with Gasteiger partial charge < -0.3 is 0 Å². The Labute approximate surface area is 251 Å². The molecule has 41 heavy (non-hydrogen) atoms. The summed E-state index contributed by atoms with van der Waals surface area (Å²) in [4.78, 5) is 0. The monoisotopic (exact) mass is 567 g/mol. The van der Waals surface area contributed by atoms with Crippen molar-refractivity contribution in [1.29, 1.82) is 0 Å². The van der Waals surface area contributed by atoms with Gasteiger partial charge in [0.2, 0.25) is 0 Å². The molecule has 1 heteroatoms. The molecule has 6 rings (SSSR count). The Morgan fingerprint density at radius 2 is 1.17 bits per heavy atom. The van der Waals surface area contributed by atoms with Gasteiger partial charge in [-0.25, -0.2) is 0 Å². The zero-order valence-electron chi connectivity index (χ0n) is 22.5. The second kappa shape index (κ2) is 12.7. The maximum absolute atomic E-state index is 5.31. The van der Waals surface area contributed by atoms with Crippen LogP contribution in [0.5, 0.6) is 0 Å². The third-order valence-corrected chi connectivity index (χ3v) is 7.79. The molecule has 0 aromatic heterocycles. The van der Waals surface area contributed by atoms with E-state index in [4.69, 9.17) is 15.3 Å². The molecule has 3 aromatic carbocycles. The first-order valence-electron chi connectivity index (χ1n) is 13.8. The molecule has 3 aliphatic rings. The molecular formula is C40H28Co-2. The Kier molecular flexibility index (Phi) is 8.21. The molecule has 0 spiro atoms. The van der Waals surface area contributed by atoms with Crippen molar-refractivity contribution < 1.29 is 15.3 Å². The summed E-state index contributed by atoms with van der Waals surface area (Å²) < 4.78 is 0.972. The fourth-order valence-electron chi connectivity index (χ4n) is 5.10. The summed E-state index contributed by atoms with van der Waals surface area (Å²) in [7, 11) is 0. The predicted octanol–water partition coefficient (Wildman–Crippen LogP) is 8.22. The van der Waals surface area contributed by atoms with Crippen LogP contribution in [-0.4, -0.2) is 4.45 Å². The molecule has 0 aliphatic heterocycles. The third-order valence-electron chi connectivity index (χ3n) is 7.18. The Balaban J connectivity index is 1.58. The van der Waals surface area contributed by atoms with E-state index in [1.165, 1.54) is 0 Å². The molecule has 3 aliphatic carbocycles. The van der Waals surface area contributed by atoms with E-state index in [1.807, 2.05) is 0 Å². The molecular weight excluding hydrogens is 539 g/mol. The molecule has 0 fully saturated rings. The summed E-state index contributed by atoms with van der Waals surface area (Å²) in [5.74, 6) is 14.2. The van der Waals surface area contributed by atoms with Crippen molar-refractivity contribution in [3.8, 4) is 23.7 Å². The molecule has 0 saturated carbocycles. The Morgan fingerprint density at radius 1 is 0.634 bits per heavy atom. The first kappa shape index (κ1) is 26.6. The predicted molar refractivity (Wildman–Crippen MR) is 169 cm³/mol. The molecule has 0 radical (unpaired) electrons. The average Bonchev–Trinajstić information content (AvgIpc) is 3.84. The molecule has 0 N–H and O–H groups in total.